The number of allylic oxidation sites excluding steroid dienone is 2. The zero-order chi connectivity index (χ0) is 22.7. The first kappa shape index (κ1) is 22.3. The highest BCUT2D eigenvalue weighted by molar-refractivity contribution is 5.86. The summed E-state index contributed by atoms with van der Waals surface area (Å²) in [6, 6.07) is 0. The lowest BCUT2D eigenvalue weighted by molar-refractivity contribution is -0.180. The predicted octanol–water partition coefficient (Wildman–Crippen LogP) is 4.21. The van der Waals surface area contributed by atoms with Crippen molar-refractivity contribution in [1.29, 1.82) is 0 Å². The van der Waals surface area contributed by atoms with Gasteiger partial charge in [0, 0.05) is 17.8 Å². The number of ether oxygens (including phenoxy) is 3. The van der Waals surface area contributed by atoms with Gasteiger partial charge in [-0.05, 0) is 66.7 Å². The average molecular weight is 433 g/mol. The first-order valence-electron chi connectivity index (χ1n) is 11.8. The summed E-state index contributed by atoms with van der Waals surface area (Å²) in [5, 5.41) is 0. The average Bonchev–Trinajstić information content (AvgIpc) is 3.31. The largest absolute Gasteiger partial charge is 0.459 e. The van der Waals surface area contributed by atoms with Crippen LogP contribution in [-0.4, -0.2) is 35.7 Å². The van der Waals surface area contributed by atoms with Crippen molar-refractivity contribution in [3.63, 3.8) is 0 Å². The quantitative estimate of drug-likeness (QED) is 0.355. The fourth-order valence-corrected chi connectivity index (χ4v) is 5.90. The summed E-state index contributed by atoms with van der Waals surface area (Å²) in [6.07, 6.45) is 5.44. The van der Waals surface area contributed by atoms with E-state index >= 15 is 0 Å². The van der Waals surface area contributed by atoms with Crippen molar-refractivity contribution in [3.05, 3.63) is 11.6 Å². The molecule has 6 heteroatoms. The van der Waals surface area contributed by atoms with Gasteiger partial charge in [0.05, 0.1) is 17.3 Å². The standard InChI is InChI=1S/C25H36O6/c1-7-24(3,4)23(28)30-20-16-12-15-17(21(26)29-19(15)20)18(16)22(27)31-25(5,6)14-10-8-13(2)9-11-14/h8,14-20H,7,9-12H2,1-6H3. The number of fused-ring (bicyclic) bond motifs is 1. The van der Waals surface area contributed by atoms with Crippen molar-refractivity contribution < 1.29 is 28.6 Å². The molecule has 4 rings (SSSR count). The highest BCUT2D eigenvalue weighted by Gasteiger charge is 2.70. The molecular formula is C25H36O6. The van der Waals surface area contributed by atoms with Crippen LogP contribution >= 0.6 is 0 Å². The Labute approximate surface area is 185 Å². The minimum Gasteiger partial charge on any atom is -0.459 e. The minimum absolute atomic E-state index is 0.0686. The molecule has 3 fully saturated rings. The van der Waals surface area contributed by atoms with E-state index in [2.05, 4.69) is 13.0 Å². The van der Waals surface area contributed by atoms with Crippen LogP contribution in [0.25, 0.3) is 0 Å². The first-order chi connectivity index (χ1) is 14.5. The Bertz CT molecular complexity index is 809. The second-order valence-corrected chi connectivity index (χ2v) is 11.2. The fraction of sp³-hybridized carbons (Fsp3) is 0.800. The van der Waals surface area contributed by atoms with E-state index in [-0.39, 0.29) is 35.7 Å². The fourth-order valence-electron chi connectivity index (χ4n) is 5.90. The number of rotatable bonds is 6. The Kier molecular flexibility index (Phi) is 5.50. The summed E-state index contributed by atoms with van der Waals surface area (Å²) in [5.74, 6) is -2.10. The first-order valence-corrected chi connectivity index (χ1v) is 11.8. The van der Waals surface area contributed by atoms with Crippen LogP contribution < -0.4 is 0 Å². The molecule has 0 aromatic heterocycles. The van der Waals surface area contributed by atoms with Crippen LogP contribution in [0.3, 0.4) is 0 Å². The Morgan fingerprint density at radius 2 is 1.90 bits per heavy atom. The summed E-state index contributed by atoms with van der Waals surface area (Å²) in [7, 11) is 0. The second kappa shape index (κ2) is 7.63. The van der Waals surface area contributed by atoms with Gasteiger partial charge in [0.25, 0.3) is 0 Å². The number of hydrogen-bond donors (Lipinski definition) is 0. The molecule has 2 saturated carbocycles. The molecule has 172 valence electrons. The maximum Gasteiger partial charge on any atom is 0.311 e. The van der Waals surface area contributed by atoms with Gasteiger partial charge in [0.15, 0.2) is 0 Å². The van der Waals surface area contributed by atoms with Gasteiger partial charge in [0.2, 0.25) is 0 Å². The van der Waals surface area contributed by atoms with Gasteiger partial charge < -0.3 is 14.2 Å². The van der Waals surface area contributed by atoms with E-state index in [9.17, 15) is 14.4 Å². The molecule has 6 nitrogen and oxygen atoms in total. The Morgan fingerprint density at radius 3 is 2.52 bits per heavy atom. The van der Waals surface area contributed by atoms with Crippen LogP contribution in [0.15, 0.2) is 11.6 Å². The Morgan fingerprint density at radius 1 is 1.19 bits per heavy atom. The molecule has 0 aromatic rings. The lowest BCUT2D eigenvalue weighted by Crippen LogP contribution is -2.47. The van der Waals surface area contributed by atoms with Crippen molar-refractivity contribution in [2.45, 2.75) is 91.5 Å². The van der Waals surface area contributed by atoms with E-state index in [1.165, 1.54) is 5.57 Å². The molecule has 7 atom stereocenters. The molecule has 31 heavy (non-hydrogen) atoms. The summed E-state index contributed by atoms with van der Waals surface area (Å²) < 4.78 is 17.6. The number of hydrogen-bond acceptors (Lipinski definition) is 6. The maximum atomic E-state index is 13.4. The highest BCUT2D eigenvalue weighted by Crippen LogP contribution is 2.59. The lowest BCUT2D eigenvalue weighted by Gasteiger charge is -2.38. The molecule has 3 aliphatic carbocycles. The molecule has 0 aromatic carbocycles. The zero-order valence-electron chi connectivity index (χ0n) is 19.6. The number of esters is 3. The van der Waals surface area contributed by atoms with Crippen LogP contribution in [0.1, 0.15) is 73.6 Å². The summed E-state index contributed by atoms with van der Waals surface area (Å²) >= 11 is 0. The topological polar surface area (TPSA) is 78.9 Å². The van der Waals surface area contributed by atoms with E-state index in [0.717, 1.165) is 19.3 Å². The van der Waals surface area contributed by atoms with Gasteiger partial charge in [-0.3, -0.25) is 14.4 Å². The van der Waals surface area contributed by atoms with E-state index in [1.54, 1.807) is 0 Å². The molecule has 0 spiro atoms. The third kappa shape index (κ3) is 3.70. The van der Waals surface area contributed by atoms with Gasteiger partial charge in [-0.25, -0.2) is 0 Å². The molecule has 4 aliphatic rings. The molecule has 7 unspecified atom stereocenters. The van der Waals surface area contributed by atoms with Crippen molar-refractivity contribution >= 4 is 17.9 Å². The predicted molar refractivity (Wildman–Crippen MR) is 114 cm³/mol. The SMILES string of the molecule is CCC(C)(C)C(=O)OC1C2CC3C1OC(=O)C3C2C(=O)OC(C)(C)C1CC=C(C)CC1. The molecule has 0 radical (unpaired) electrons. The van der Waals surface area contributed by atoms with Gasteiger partial charge in [-0.15, -0.1) is 0 Å². The number of carbonyl (C=O) groups excluding carboxylic acids is 3. The van der Waals surface area contributed by atoms with E-state index in [0.29, 0.717) is 12.8 Å². The third-order valence-electron chi connectivity index (χ3n) is 8.48. The maximum absolute atomic E-state index is 13.4. The highest BCUT2D eigenvalue weighted by atomic mass is 16.6. The normalized spacial score (nSPS) is 36.8. The molecule has 1 aliphatic heterocycles. The van der Waals surface area contributed by atoms with Crippen LogP contribution in [-0.2, 0) is 28.6 Å². The van der Waals surface area contributed by atoms with Crippen molar-refractivity contribution in [2.24, 2.45) is 35.0 Å². The van der Waals surface area contributed by atoms with Crippen molar-refractivity contribution in [3.8, 4) is 0 Å². The van der Waals surface area contributed by atoms with Gasteiger partial charge in [-0.2, -0.15) is 0 Å². The molecular weight excluding hydrogens is 396 g/mol. The summed E-state index contributed by atoms with van der Waals surface area (Å²) in [6.45, 7) is 11.7. The third-order valence-corrected chi connectivity index (χ3v) is 8.48. The van der Waals surface area contributed by atoms with Crippen molar-refractivity contribution in [1.82, 2.24) is 0 Å². The summed E-state index contributed by atoms with van der Waals surface area (Å²) in [4.78, 5) is 38.7. The van der Waals surface area contributed by atoms with Gasteiger partial charge in [0.1, 0.15) is 17.8 Å². The van der Waals surface area contributed by atoms with E-state index in [4.69, 9.17) is 14.2 Å². The van der Waals surface area contributed by atoms with E-state index in [1.807, 2.05) is 34.6 Å². The molecule has 1 heterocycles. The van der Waals surface area contributed by atoms with Crippen LogP contribution in [0.4, 0.5) is 0 Å². The summed E-state index contributed by atoms with van der Waals surface area (Å²) in [5.41, 5.74) is 0.147. The van der Waals surface area contributed by atoms with Crippen molar-refractivity contribution in [2.75, 3.05) is 0 Å². The van der Waals surface area contributed by atoms with Crippen LogP contribution in [0.2, 0.25) is 0 Å². The zero-order valence-corrected chi connectivity index (χ0v) is 19.6. The van der Waals surface area contributed by atoms with Gasteiger partial charge in [-0.1, -0.05) is 18.6 Å². The Balaban J connectivity index is 1.51. The van der Waals surface area contributed by atoms with Crippen LogP contribution in [0.5, 0.6) is 0 Å². The molecule has 1 saturated heterocycles. The number of carbonyl (C=O) groups is 3. The molecule has 2 bridgehead atoms. The smallest absolute Gasteiger partial charge is 0.311 e. The van der Waals surface area contributed by atoms with Gasteiger partial charge >= 0.3 is 17.9 Å². The Hall–Kier alpha value is -1.85. The minimum atomic E-state index is -0.617. The molecule has 0 amide bonds. The lowest BCUT2D eigenvalue weighted by atomic mass is 9.77. The monoisotopic (exact) mass is 432 g/mol. The molecule has 0 N–H and O–H groups in total. The van der Waals surface area contributed by atoms with E-state index < -0.39 is 35.1 Å². The van der Waals surface area contributed by atoms with Crippen LogP contribution in [0, 0.1) is 35.0 Å². The second-order valence-electron chi connectivity index (χ2n) is 11.2.